The van der Waals surface area contributed by atoms with Gasteiger partial charge in [-0.05, 0) is 25.6 Å². The average Bonchev–Trinajstić information content (AvgIpc) is 2.73. The highest BCUT2D eigenvalue weighted by Gasteiger charge is 2.25. The predicted molar refractivity (Wildman–Crippen MR) is 118 cm³/mol. The number of hydrazine groups is 1. The van der Waals surface area contributed by atoms with Crippen LogP contribution in [0.25, 0.3) is 5.69 Å². The van der Waals surface area contributed by atoms with Gasteiger partial charge in [-0.3, -0.25) is 19.4 Å². The molecule has 9 nitrogen and oxygen atoms in total. The number of terminal acetylenes is 1. The summed E-state index contributed by atoms with van der Waals surface area (Å²) in [6, 6.07) is 3.11. The van der Waals surface area contributed by atoms with E-state index in [4.69, 9.17) is 18.0 Å². The topological polar surface area (TPSA) is 124 Å². The summed E-state index contributed by atoms with van der Waals surface area (Å²) < 4.78 is 29.6. The maximum Gasteiger partial charge on any atom is 0.336 e. The van der Waals surface area contributed by atoms with Gasteiger partial charge >= 0.3 is 5.69 Å². The fourth-order valence-corrected chi connectivity index (χ4v) is 3.29. The van der Waals surface area contributed by atoms with E-state index < -0.39 is 22.9 Å². The molecule has 0 amide bonds. The van der Waals surface area contributed by atoms with Gasteiger partial charge in [-0.25, -0.2) is 24.0 Å². The molecule has 3 aromatic rings. The molecule has 0 fully saturated rings. The average molecular weight is 441 g/mol. The second-order valence-electron chi connectivity index (χ2n) is 6.95. The summed E-state index contributed by atoms with van der Waals surface area (Å²) in [7, 11) is 1.59. The van der Waals surface area contributed by atoms with Gasteiger partial charge in [-0.2, -0.15) is 0 Å². The summed E-state index contributed by atoms with van der Waals surface area (Å²) in [5.74, 6) is 6.20. The molecular weight excluding hydrogens is 420 g/mol. The Labute approximate surface area is 181 Å². The molecule has 2 heterocycles. The lowest BCUT2D eigenvalue weighted by atomic mass is 10.2. The molecule has 2 aromatic heterocycles. The van der Waals surface area contributed by atoms with Crippen LogP contribution in [0.4, 0.5) is 25.8 Å². The zero-order valence-electron chi connectivity index (χ0n) is 17.4. The molecule has 0 saturated heterocycles. The van der Waals surface area contributed by atoms with Crippen LogP contribution in [0.5, 0.6) is 0 Å². The summed E-state index contributed by atoms with van der Waals surface area (Å²) >= 11 is 0. The van der Waals surface area contributed by atoms with Crippen molar-refractivity contribution in [3.63, 3.8) is 0 Å². The van der Waals surface area contributed by atoms with Crippen LogP contribution in [0.15, 0.2) is 40.2 Å². The van der Waals surface area contributed by atoms with Crippen molar-refractivity contribution < 1.29 is 8.78 Å². The predicted octanol–water partition coefficient (Wildman–Crippen LogP) is 0.927. The number of rotatable bonds is 6. The Hall–Kier alpha value is -4.01. The highest BCUT2D eigenvalue weighted by Crippen LogP contribution is 2.29. The molecule has 0 aliphatic rings. The van der Waals surface area contributed by atoms with Gasteiger partial charge in [0.05, 0.1) is 35.5 Å². The standard InChI is InChI=1S/C21H21F2N7O2/c1-4-5-28-18(11-26-3)19(30(25)17-8-15(23)14(22)7-16(17)24)20(31)29(21(28)32)13-6-12(2)9-27-10-13/h1,6-10,26H,5,11,24-25H2,2-3H3. The Morgan fingerprint density at radius 2 is 1.91 bits per heavy atom. The quantitative estimate of drug-likeness (QED) is 0.225. The molecule has 0 saturated carbocycles. The number of pyridine rings is 1. The fourth-order valence-electron chi connectivity index (χ4n) is 3.29. The van der Waals surface area contributed by atoms with Crippen molar-refractivity contribution in [3.8, 4) is 18.0 Å². The molecule has 0 unspecified atom stereocenters. The first kappa shape index (κ1) is 22.7. The third kappa shape index (κ3) is 3.96. The maximum absolute atomic E-state index is 13.9. The molecule has 166 valence electrons. The number of benzene rings is 1. The SMILES string of the molecule is C#CCn1c(CNC)c(N(N)c2cc(F)c(F)cc2N)c(=O)n(-c2cncc(C)c2)c1=O. The van der Waals surface area contributed by atoms with Gasteiger partial charge < -0.3 is 11.1 Å². The van der Waals surface area contributed by atoms with Gasteiger partial charge in [0.1, 0.15) is 5.69 Å². The van der Waals surface area contributed by atoms with Crippen molar-refractivity contribution in [3.05, 3.63) is 74.3 Å². The molecule has 5 N–H and O–H groups in total. The summed E-state index contributed by atoms with van der Waals surface area (Å²) in [4.78, 5) is 30.8. The van der Waals surface area contributed by atoms with E-state index in [2.05, 4.69) is 16.2 Å². The number of aryl methyl sites for hydroxylation is 1. The highest BCUT2D eigenvalue weighted by molar-refractivity contribution is 5.74. The fraction of sp³-hybridized carbons (Fsp3) is 0.190. The number of nitrogens with two attached hydrogens (primary N) is 2. The van der Waals surface area contributed by atoms with Crippen molar-refractivity contribution >= 4 is 17.1 Å². The summed E-state index contributed by atoms with van der Waals surface area (Å²) in [5, 5.41) is 3.67. The van der Waals surface area contributed by atoms with Crippen LogP contribution in [0.2, 0.25) is 0 Å². The molecule has 1 aromatic carbocycles. The Morgan fingerprint density at radius 1 is 1.22 bits per heavy atom. The lowest BCUT2D eigenvalue weighted by Crippen LogP contribution is -2.46. The molecule has 3 rings (SSSR count). The monoisotopic (exact) mass is 441 g/mol. The molecule has 0 atom stereocenters. The first-order valence-corrected chi connectivity index (χ1v) is 9.39. The van der Waals surface area contributed by atoms with Crippen molar-refractivity contribution in [1.82, 2.24) is 19.4 Å². The minimum atomic E-state index is -1.21. The van der Waals surface area contributed by atoms with Crippen LogP contribution in [0.3, 0.4) is 0 Å². The van der Waals surface area contributed by atoms with Crippen LogP contribution in [0, 0.1) is 30.9 Å². The molecule has 32 heavy (non-hydrogen) atoms. The summed E-state index contributed by atoms with van der Waals surface area (Å²) in [5.41, 5.74) is 4.77. The molecule has 0 bridgehead atoms. The van der Waals surface area contributed by atoms with E-state index in [-0.39, 0.29) is 41.5 Å². The molecule has 0 aliphatic carbocycles. The van der Waals surface area contributed by atoms with E-state index in [1.807, 2.05) is 0 Å². The number of hydrogen-bond acceptors (Lipinski definition) is 7. The lowest BCUT2D eigenvalue weighted by molar-refractivity contribution is 0.509. The van der Waals surface area contributed by atoms with Gasteiger partial charge in [0.15, 0.2) is 11.6 Å². The molecule has 11 heteroatoms. The number of nitrogens with one attached hydrogen (secondary N) is 1. The van der Waals surface area contributed by atoms with Gasteiger partial charge in [-0.15, -0.1) is 6.42 Å². The van der Waals surface area contributed by atoms with Crippen LogP contribution in [0.1, 0.15) is 11.3 Å². The summed E-state index contributed by atoms with van der Waals surface area (Å²) in [6.07, 6.45) is 8.35. The van der Waals surface area contributed by atoms with Crippen molar-refractivity contribution in [1.29, 1.82) is 0 Å². The normalized spacial score (nSPS) is 10.8. The van der Waals surface area contributed by atoms with Crippen LogP contribution in [-0.2, 0) is 13.1 Å². The minimum Gasteiger partial charge on any atom is -0.397 e. The molecular formula is C21H21F2N7O2. The van der Waals surface area contributed by atoms with Crippen molar-refractivity contribution in [2.24, 2.45) is 5.84 Å². The van der Waals surface area contributed by atoms with Crippen LogP contribution >= 0.6 is 0 Å². The largest absolute Gasteiger partial charge is 0.397 e. The summed E-state index contributed by atoms with van der Waals surface area (Å²) in [6.45, 7) is 1.59. The second kappa shape index (κ2) is 9.01. The first-order valence-electron chi connectivity index (χ1n) is 9.39. The minimum absolute atomic E-state index is 0.0195. The van der Waals surface area contributed by atoms with E-state index in [9.17, 15) is 18.4 Å². The Kier molecular flexibility index (Phi) is 6.38. The van der Waals surface area contributed by atoms with Gasteiger partial charge in [0, 0.05) is 24.9 Å². The van der Waals surface area contributed by atoms with E-state index in [1.165, 1.54) is 10.8 Å². The van der Waals surface area contributed by atoms with Crippen molar-refractivity contribution in [2.75, 3.05) is 17.8 Å². The smallest absolute Gasteiger partial charge is 0.336 e. The number of nitrogens with zero attached hydrogens (tertiary/aromatic N) is 4. The van der Waals surface area contributed by atoms with E-state index in [0.717, 1.165) is 21.7 Å². The Balaban J connectivity index is 2.43. The van der Waals surface area contributed by atoms with Crippen molar-refractivity contribution in [2.45, 2.75) is 20.0 Å². The van der Waals surface area contributed by atoms with Crippen LogP contribution in [-0.4, -0.2) is 21.2 Å². The zero-order chi connectivity index (χ0) is 23.6. The van der Waals surface area contributed by atoms with E-state index in [0.29, 0.717) is 5.56 Å². The number of hydrogen-bond donors (Lipinski definition) is 3. The molecule has 0 spiro atoms. The number of anilines is 3. The van der Waals surface area contributed by atoms with Gasteiger partial charge in [0.2, 0.25) is 0 Å². The van der Waals surface area contributed by atoms with Crippen LogP contribution < -0.4 is 33.2 Å². The van der Waals surface area contributed by atoms with Gasteiger partial charge in [0.25, 0.3) is 5.56 Å². The van der Waals surface area contributed by atoms with E-state index >= 15 is 0 Å². The van der Waals surface area contributed by atoms with E-state index in [1.54, 1.807) is 26.2 Å². The number of nitrogen functional groups attached to an aromatic ring is 1. The second-order valence-corrected chi connectivity index (χ2v) is 6.95. The lowest BCUT2D eigenvalue weighted by Gasteiger charge is -2.25. The number of aromatic nitrogens is 3. The maximum atomic E-state index is 13.9. The molecule has 0 radical (unpaired) electrons. The number of halogens is 2. The van der Waals surface area contributed by atoms with Gasteiger partial charge in [-0.1, -0.05) is 5.92 Å². The molecule has 0 aliphatic heterocycles. The third-order valence-electron chi connectivity index (χ3n) is 4.71. The Bertz CT molecular complexity index is 1340. The first-order chi connectivity index (χ1) is 15.2. The highest BCUT2D eigenvalue weighted by atomic mass is 19.2. The Morgan fingerprint density at radius 3 is 2.53 bits per heavy atom. The third-order valence-corrected chi connectivity index (χ3v) is 4.71. The zero-order valence-corrected chi connectivity index (χ0v) is 17.4.